The molecule has 0 saturated heterocycles. The maximum absolute atomic E-state index is 13.0. The van der Waals surface area contributed by atoms with Gasteiger partial charge in [0.2, 0.25) is 0 Å². The fourth-order valence-electron chi connectivity index (χ4n) is 1.28. The summed E-state index contributed by atoms with van der Waals surface area (Å²) in [4.78, 5) is 8.27. The maximum atomic E-state index is 13.0. The van der Waals surface area contributed by atoms with Gasteiger partial charge in [0.25, 0.3) is 0 Å². The van der Waals surface area contributed by atoms with Crippen molar-refractivity contribution >= 4 is 12.6 Å². The molecule has 1 heterocycles. The van der Waals surface area contributed by atoms with Gasteiger partial charge in [0.05, 0.1) is 11.4 Å². The molecule has 0 spiro atoms. The first-order chi connectivity index (χ1) is 7.29. The molecule has 2 nitrogen and oxygen atoms in total. The molecular weight excluding hydrogens is 211 g/mol. The molecule has 76 valence electrons. The Morgan fingerprint density at radius 2 is 2.13 bits per heavy atom. The first-order valence-electron chi connectivity index (χ1n) is 4.48. The Labute approximate surface area is 92.6 Å². The Kier molecular flexibility index (Phi) is 2.97. The quantitative estimate of drug-likeness (QED) is 0.787. The molecular formula is C11H9FN2S. The summed E-state index contributed by atoms with van der Waals surface area (Å²) in [7, 11) is 0. The van der Waals surface area contributed by atoms with Crippen LogP contribution in [0.3, 0.4) is 0 Å². The van der Waals surface area contributed by atoms with E-state index in [0.717, 1.165) is 5.56 Å². The summed E-state index contributed by atoms with van der Waals surface area (Å²) in [6, 6.07) is 8.08. The third-order valence-electron chi connectivity index (χ3n) is 1.97. The Balaban J connectivity index is 2.44. The minimum atomic E-state index is -0.265. The lowest BCUT2D eigenvalue weighted by molar-refractivity contribution is 0.628. The van der Waals surface area contributed by atoms with Gasteiger partial charge in [-0.2, -0.15) is 12.6 Å². The molecule has 0 saturated carbocycles. The molecule has 1 aromatic carbocycles. The van der Waals surface area contributed by atoms with Gasteiger partial charge in [0.15, 0.2) is 0 Å². The van der Waals surface area contributed by atoms with Crippen molar-refractivity contribution in [2.45, 2.75) is 5.75 Å². The van der Waals surface area contributed by atoms with Gasteiger partial charge >= 0.3 is 0 Å². The first kappa shape index (κ1) is 10.1. The van der Waals surface area contributed by atoms with Gasteiger partial charge < -0.3 is 0 Å². The van der Waals surface area contributed by atoms with Crippen molar-refractivity contribution in [3.8, 4) is 11.3 Å². The molecule has 0 aliphatic rings. The number of halogens is 1. The van der Waals surface area contributed by atoms with Crippen LogP contribution in [0, 0.1) is 5.82 Å². The summed E-state index contributed by atoms with van der Waals surface area (Å²) in [5.41, 5.74) is 1.47. The summed E-state index contributed by atoms with van der Waals surface area (Å²) in [6.07, 6.45) is 1.65. The second kappa shape index (κ2) is 4.40. The third-order valence-corrected chi connectivity index (χ3v) is 2.25. The van der Waals surface area contributed by atoms with E-state index in [9.17, 15) is 4.39 Å². The second-order valence-electron chi connectivity index (χ2n) is 3.03. The molecule has 4 heteroatoms. The molecule has 0 atom stereocenters. The van der Waals surface area contributed by atoms with Gasteiger partial charge in [0.1, 0.15) is 11.6 Å². The molecule has 0 radical (unpaired) electrons. The Morgan fingerprint density at radius 1 is 1.27 bits per heavy atom. The Morgan fingerprint density at radius 3 is 2.87 bits per heavy atom. The minimum Gasteiger partial charge on any atom is -0.240 e. The maximum Gasteiger partial charge on any atom is 0.138 e. The monoisotopic (exact) mass is 220 g/mol. The van der Waals surface area contributed by atoms with E-state index in [2.05, 4.69) is 22.6 Å². The molecule has 15 heavy (non-hydrogen) atoms. The number of nitrogens with zero attached hydrogens (tertiary/aromatic N) is 2. The molecule has 0 N–H and O–H groups in total. The van der Waals surface area contributed by atoms with Crippen LogP contribution in [0.4, 0.5) is 4.39 Å². The predicted molar refractivity (Wildman–Crippen MR) is 60.1 cm³/mol. The van der Waals surface area contributed by atoms with Crippen LogP contribution in [-0.2, 0) is 5.75 Å². The van der Waals surface area contributed by atoms with Crippen molar-refractivity contribution in [1.82, 2.24) is 9.97 Å². The summed E-state index contributed by atoms with van der Waals surface area (Å²) in [6.45, 7) is 0. The minimum absolute atomic E-state index is 0.265. The zero-order valence-electron chi connectivity index (χ0n) is 7.89. The Hall–Kier alpha value is -1.42. The normalized spacial score (nSPS) is 10.3. The van der Waals surface area contributed by atoms with Crippen molar-refractivity contribution in [3.63, 3.8) is 0 Å². The van der Waals surface area contributed by atoms with Crippen molar-refractivity contribution in [2.75, 3.05) is 0 Å². The number of hydrogen-bond acceptors (Lipinski definition) is 3. The van der Waals surface area contributed by atoms with E-state index >= 15 is 0 Å². The molecule has 0 unspecified atom stereocenters. The van der Waals surface area contributed by atoms with Crippen LogP contribution in [0.1, 0.15) is 5.82 Å². The van der Waals surface area contributed by atoms with Crippen LogP contribution in [0.15, 0.2) is 36.5 Å². The lowest BCUT2D eigenvalue weighted by Gasteiger charge is -2.01. The van der Waals surface area contributed by atoms with E-state index in [1.165, 1.54) is 12.1 Å². The third kappa shape index (κ3) is 2.33. The number of rotatable bonds is 2. The Bertz CT molecular complexity index is 474. The van der Waals surface area contributed by atoms with E-state index in [4.69, 9.17) is 0 Å². The molecule has 0 fully saturated rings. The predicted octanol–water partition coefficient (Wildman–Crippen LogP) is 2.71. The lowest BCUT2D eigenvalue weighted by Crippen LogP contribution is -1.93. The van der Waals surface area contributed by atoms with E-state index in [-0.39, 0.29) is 5.82 Å². The zero-order chi connectivity index (χ0) is 10.7. The highest BCUT2D eigenvalue weighted by atomic mass is 32.1. The molecule has 0 bridgehead atoms. The van der Waals surface area contributed by atoms with Crippen molar-refractivity contribution < 1.29 is 4.39 Å². The van der Waals surface area contributed by atoms with E-state index in [1.807, 2.05) is 6.07 Å². The van der Waals surface area contributed by atoms with Gasteiger partial charge in [-0.05, 0) is 18.2 Å². The van der Waals surface area contributed by atoms with Crippen LogP contribution in [0.5, 0.6) is 0 Å². The van der Waals surface area contributed by atoms with Crippen LogP contribution >= 0.6 is 12.6 Å². The topological polar surface area (TPSA) is 25.8 Å². The molecule has 0 amide bonds. The lowest BCUT2D eigenvalue weighted by atomic mass is 10.1. The fourth-order valence-corrected chi connectivity index (χ4v) is 1.44. The highest BCUT2D eigenvalue weighted by molar-refractivity contribution is 7.79. The standard InChI is InChI=1S/C11H9FN2S/c12-9-3-1-2-8(6-9)10-4-5-13-11(7-15)14-10/h1-6,15H,7H2. The average Bonchev–Trinajstić information content (AvgIpc) is 2.29. The van der Waals surface area contributed by atoms with Crippen LogP contribution in [0.25, 0.3) is 11.3 Å². The van der Waals surface area contributed by atoms with Crippen molar-refractivity contribution in [1.29, 1.82) is 0 Å². The number of hydrogen-bond donors (Lipinski definition) is 1. The highest BCUT2D eigenvalue weighted by Crippen LogP contribution is 2.17. The van der Waals surface area contributed by atoms with Gasteiger partial charge in [-0.25, -0.2) is 14.4 Å². The summed E-state index contributed by atoms with van der Waals surface area (Å²) >= 11 is 4.09. The fraction of sp³-hybridized carbons (Fsp3) is 0.0909. The molecule has 1 aromatic heterocycles. The van der Waals surface area contributed by atoms with Gasteiger partial charge in [-0.15, -0.1) is 0 Å². The molecule has 2 rings (SSSR count). The summed E-state index contributed by atoms with van der Waals surface area (Å²) in [5, 5.41) is 0. The average molecular weight is 220 g/mol. The zero-order valence-corrected chi connectivity index (χ0v) is 8.79. The van der Waals surface area contributed by atoms with Crippen molar-refractivity contribution in [3.05, 3.63) is 48.2 Å². The largest absolute Gasteiger partial charge is 0.240 e. The highest BCUT2D eigenvalue weighted by Gasteiger charge is 2.01. The van der Waals surface area contributed by atoms with Crippen LogP contribution in [-0.4, -0.2) is 9.97 Å². The number of benzene rings is 1. The van der Waals surface area contributed by atoms with Crippen molar-refractivity contribution in [2.24, 2.45) is 0 Å². The first-order valence-corrected chi connectivity index (χ1v) is 5.11. The summed E-state index contributed by atoms with van der Waals surface area (Å²) < 4.78 is 13.0. The molecule has 2 aromatic rings. The smallest absolute Gasteiger partial charge is 0.138 e. The van der Waals surface area contributed by atoms with Gasteiger partial charge in [-0.3, -0.25) is 0 Å². The van der Waals surface area contributed by atoms with Gasteiger partial charge in [0, 0.05) is 11.8 Å². The molecule has 0 aliphatic heterocycles. The molecule has 0 aliphatic carbocycles. The number of aromatic nitrogens is 2. The van der Waals surface area contributed by atoms with E-state index in [0.29, 0.717) is 17.3 Å². The van der Waals surface area contributed by atoms with Gasteiger partial charge in [-0.1, -0.05) is 12.1 Å². The van der Waals surface area contributed by atoms with Crippen LogP contribution < -0.4 is 0 Å². The summed E-state index contributed by atoms with van der Waals surface area (Å²) in [5.74, 6) is 0.849. The second-order valence-corrected chi connectivity index (χ2v) is 3.34. The number of thiol groups is 1. The van der Waals surface area contributed by atoms with Crippen LogP contribution in [0.2, 0.25) is 0 Å². The SMILES string of the molecule is Fc1cccc(-c2ccnc(CS)n2)c1. The van der Waals surface area contributed by atoms with E-state index in [1.54, 1.807) is 18.3 Å². The van der Waals surface area contributed by atoms with E-state index < -0.39 is 0 Å².